The maximum atomic E-state index is 11.9. The van der Waals surface area contributed by atoms with Crippen molar-refractivity contribution in [1.29, 1.82) is 0 Å². The number of carboxylic acids is 1. The summed E-state index contributed by atoms with van der Waals surface area (Å²) in [7, 11) is 3.67. The van der Waals surface area contributed by atoms with E-state index in [4.69, 9.17) is 4.98 Å². The number of aliphatic carboxylic acids is 1. The molecule has 1 fully saturated rings. The van der Waals surface area contributed by atoms with Gasteiger partial charge in [-0.15, -0.1) is 0 Å². The van der Waals surface area contributed by atoms with Crippen molar-refractivity contribution < 1.29 is 15.0 Å². The van der Waals surface area contributed by atoms with Gasteiger partial charge in [0.2, 0.25) is 5.95 Å². The van der Waals surface area contributed by atoms with Crippen LogP contribution in [0.4, 0.5) is 11.8 Å². The van der Waals surface area contributed by atoms with Crippen LogP contribution in [0.15, 0.2) is 24.5 Å². The van der Waals surface area contributed by atoms with Crippen molar-refractivity contribution in [3.8, 4) is 0 Å². The Balaban J connectivity index is 1.27. The van der Waals surface area contributed by atoms with E-state index in [1.54, 1.807) is 17.3 Å². The fraction of sp³-hybridized carbons (Fsp3) is 0.630. The Hall–Kier alpha value is -2.82. The first-order valence-corrected chi connectivity index (χ1v) is 13.5. The first kappa shape index (κ1) is 27.2. The average Bonchev–Trinajstić information content (AvgIpc) is 3.74. The van der Waals surface area contributed by atoms with E-state index in [9.17, 15) is 15.0 Å². The van der Waals surface area contributed by atoms with Crippen LogP contribution in [0.3, 0.4) is 0 Å². The highest BCUT2D eigenvalue weighted by Gasteiger charge is 2.25. The van der Waals surface area contributed by atoms with E-state index in [1.807, 2.05) is 14.1 Å². The van der Waals surface area contributed by atoms with Gasteiger partial charge in [-0.2, -0.15) is 0 Å². The Labute approximate surface area is 219 Å². The predicted octanol–water partition coefficient (Wildman–Crippen LogP) is 2.57. The van der Waals surface area contributed by atoms with Crippen molar-refractivity contribution >= 4 is 17.7 Å². The molecule has 1 aliphatic carbocycles. The molecule has 0 amide bonds. The van der Waals surface area contributed by atoms with Crippen molar-refractivity contribution in [2.75, 3.05) is 50.9 Å². The Morgan fingerprint density at radius 1 is 1.19 bits per heavy atom. The number of hydrogen-bond acceptors (Lipinski definition) is 9. The van der Waals surface area contributed by atoms with E-state index >= 15 is 0 Å². The Morgan fingerprint density at radius 3 is 2.68 bits per heavy atom. The molecule has 10 heteroatoms. The van der Waals surface area contributed by atoms with E-state index in [2.05, 4.69) is 37.6 Å². The molecule has 4 rings (SSSR count). The molecular formula is C27H41N7O3. The second kappa shape index (κ2) is 13.1. The van der Waals surface area contributed by atoms with Crippen LogP contribution in [0.2, 0.25) is 0 Å². The Morgan fingerprint density at radius 2 is 1.97 bits per heavy atom. The van der Waals surface area contributed by atoms with Crippen LogP contribution in [0, 0.1) is 0 Å². The molecule has 2 atom stereocenters. The number of nitrogens with zero attached hydrogens (tertiary/aromatic N) is 5. The number of hydrogen-bond donors (Lipinski definition) is 4. The summed E-state index contributed by atoms with van der Waals surface area (Å²) in [6.07, 6.45) is 10.7. The number of aromatic nitrogens is 3. The number of carbonyl (C=O) groups is 1. The third-order valence-corrected chi connectivity index (χ3v) is 7.18. The van der Waals surface area contributed by atoms with Crippen LogP contribution in [0.1, 0.15) is 61.3 Å². The smallest absolute Gasteiger partial charge is 0.326 e. The van der Waals surface area contributed by atoms with Gasteiger partial charge in [-0.25, -0.2) is 19.7 Å². The van der Waals surface area contributed by atoms with E-state index in [-0.39, 0.29) is 0 Å². The van der Waals surface area contributed by atoms with Gasteiger partial charge in [0.25, 0.3) is 0 Å². The molecule has 0 bridgehead atoms. The van der Waals surface area contributed by atoms with E-state index in [1.165, 1.54) is 18.4 Å². The zero-order valence-corrected chi connectivity index (χ0v) is 22.1. The van der Waals surface area contributed by atoms with Gasteiger partial charge in [0.15, 0.2) is 0 Å². The zero-order valence-electron chi connectivity index (χ0n) is 22.1. The lowest BCUT2D eigenvalue weighted by Crippen LogP contribution is -2.43. The van der Waals surface area contributed by atoms with Crippen LogP contribution in [-0.2, 0) is 17.6 Å². The summed E-state index contributed by atoms with van der Waals surface area (Å²) in [5.41, 5.74) is 3.50. The normalized spacial score (nSPS) is 16.8. The topological polar surface area (TPSA) is 127 Å². The second-order valence-electron chi connectivity index (χ2n) is 10.5. The molecule has 3 heterocycles. The number of rotatable bonds is 15. The highest BCUT2D eigenvalue weighted by atomic mass is 16.4. The number of nitrogens with one attached hydrogen (secondary N) is 2. The minimum Gasteiger partial charge on any atom is -0.480 e. The van der Waals surface area contributed by atoms with Crippen LogP contribution >= 0.6 is 0 Å². The van der Waals surface area contributed by atoms with Crippen molar-refractivity contribution in [1.82, 2.24) is 24.8 Å². The summed E-state index contributed by atoms with van der Waals surface area (Å²) in [6, 6.07) is 3.51. The first-order valence-electron chi connectivity index (χ1n) is 13.5. The Kier molecular flexibility index (Phi) is 9.65. The molecule has 37 heavy (non-hydrogen) atoms. The molecule has 0 saturated heterocycles. The summed E-state index contributed by atoms with van der Waals surface area (Å²) >= 11 is 0. The van der Waals surface area contributed by atoms with Gasteiger partial charge in [0.05, 0.1) is 0 Å². The predicted molar refractivity (Wildman–Crippen MR) is 144 cm³/mol. The third kappa shape index (κ3) is 8.34. The molecule has 2 aromatic heterocycles. The molecule has 0 aromatic carbocycles. The lowest BCUT2D eigenvalue weighted by Gasteiger charge is -2.29. The molecule has 0 radical (unpaired) electrons. The van der Waals surface area contributed by atoms with E-state index in [0.29, 0.717) is 31.4 Å². The minimum absolute atomic E-state index is 0.337. The number of aliphatic hydroxyl groups is 1. The molecule has 4 N–H and O–H groups in total. The van der Waals surface area contributed by atoms with Gasteiger partial charge in [-0.3, -0.25) is 9.80 Å². The van der Waals surface area contributed by atoms with Crippen molar-refractivity contribution in [3.05, 3.63) is 41.3 Å². The molecule has 0 unspecified atom stereocenters. The number of anilines is 2. The van der Waals surface area contributed by atoms with Gasteiger partial charge in [-0.1, -0.05) is 6.07 Å². The number of aliphatic hydroxyl groups excluding tert-OH is 1. The molecule has 1 aliphatic heterocycles. The molecule has 10 nitrogen and oxygen atoms in total. The maximum Gasteiger partial charge on any atom is 0.326 e. The number of unbranched alkanes of at least 4 members (excludes halogenated alkanes) is 1. The summed E-state index contributed by atoms with van der Waals surface area (Å²) in [5.74, 6) is 0.984. The highest BCUT2D eigenvalue weighted by molar-refractivity contribution is 5.76. The van der Waals surface area contributed by atoms with E-state index < -0.39 is 18.2 Å². The van der Waals surface area contributed by atoms with Gasteiger partial charge in [-0.05, 0) is 95.1 Å². The molecule has 2 aliphatic rings. The number of likely N-dealkylation sites (N-methyl/N-ethyl adjacent to an activating group) is 1. The number of fused-ring (bicyclic) bond motifs is 1. The lowest BCUT2D eigenvalue weighted by molar-refractivity contribution is -0.138. The molecule has 1 saturated carbocycles. The fourth-order valence-corrected chi connectivity index (χ4v) is 4.60. The number of pyridine rings is 1. The summed E-state index contributed by atoms with van der Waals surface area (Å²) < 4.78 is 0. The highest BCUT2D eigenvalue weighted by Crippen LogP contribution is 2.39. The van der Waals surface area contributed by atoms with E-state index in [0.717, 1.165) is 62.3 Å². The lowest BCUT2D eigenvalue weighted by atomic mass is 10.1. The quantitative estimate of drug-likeness (QED) is 0.209. The SMILES string of the molecule is CN(C)[C@@H](O)CN(CCCCc1ccc2c(n1)NCCC2)CC[C@H](Nc1ncc(C2CC2)cn1)C(=O)O. The summed E-state index contributed by atoms with van der Waals surface area (Å²) in [5, 5.41) is 26.6. The monoisotopic (exact) mass is 511 g/mol. The molecule has 0 spiro atoms. The van der Waals surface area contributed by atoms with Crippen LogP contribution in [-0.4, -0.2) is 93.5 Å². The van der Waals surface area contributed by atoms with Gasteiger partial charge in [0, 0.05) is 37.7 Å². The average molecular weight is 512 g/mol. The Bertz CT molecular complexity index is 1010. The largest absolute Gasteiger partial charge is 0.480 e. The first-order chi connectivity index (χ1) is 17.9. The van der Waals surface area contributed by atoms with Crippen LogP contribution < -0.4 is 10.6 Å². The number of aryl methyl sites for hydroxylation is 2. The second-order valence-corrected chi connectivity index (χ2v) is 10.5. The zero-order chi connectivity index (χ0) is 26.2. The standard InChI is InChI=1S/C27H41N7O3/c1-33(2)24(35)18-34(14-4-3-7-22-11-10-20-6-5-13-28-25(20)31-22)15-12-23(26(36)37)32-27-29-16-21(17-30-27)19-8-9-19/h10-11,16-17,19,23-24,35H,3-9,12-15,18H2,1-2H3,(H,28,31)(H,36,37)(H,29,30,32)/t23-,24-/m0/s1. The molecule has 202 valence electrons. The summed E-state index contributed by atoms with van der Waals surface area (Å²) in [6.45, 7) is 2.74. The molecule has 2 aromatic rings. The molecular weight excluding hydrogens is 470 g/mol. The van der Waals surface area contributed by atoms with Gasteiger partial charge >= 0.3 is 5.97 Å². The number of carboxylic acid groups (broad SMARTS) is 1. The summed E-state index contributed by atoms with van der Waals surface area (Å²) in [4.78, 5) is 29.3. The van der Waals surface area contributed by atoms with Crippen LogP contribution in [0.5, 0.6) is 0 Å². The van der Waals surface area contributed by atoms with Gasteiger partial charge in [0.1, 0.15) is 18.1 Å². The fourth-order valence-electron chi connectivity index (χ4n) is 4.60. The minimum atomic E-state index is -0.935. The van der Waals surface area contributed by atoms with Crippen LogP contribution in [0.25, 0.3) is 0 Å². The van der Waals surface area contributed by atoms with Crippen molar-refractivity contribution in [2.24, 2.45) is 0 Å². The van der Waals surface area contributed by atoms with Gasteiger partial charge < -0.3 is 20.8 Å². The van der Waals surface area contributed by atoms with Crippen molar-refractivity contribution in [2.45, 2.75) is 69.6 Å². The third-order valence-electron chi connectivity index (χ3n) is 7.18. The maximum absolute atomic E-state index is 11.9. The van der Waals surface area contributed by atoms with Crippen molar-refractivity contribution in [3.63, 3.8) is 0 Å².